The van der Waals surface area contributed by atoms with Crippen LogP contribution in [-0.2, 0) is 26.2 Å². The number of carbonyl (C=O) groups is 2. The van der Waals surface area contributed by atoms with Crippen LogP contribution < -0.4 is 14.4 Å². The molecule has 0 aliphatic heterocycles. The predicted octanol–water partition coefficient (Wildman–Crippen LogP) is 6.83. The molecule has 10 heteroatoms. The number of carbonyl (C=O) groups excluding carboxylic acids is 2. The number of rotatable bonds is 13. The second-order valence-electron chi connectivity index (χ2n) is 11.2. The molecule has 0 saturated carbocycles. The summed E-state index contributed by atoms with van der Waals surface area (Å²) in [5.74, 6) is 0.451. The molecule has 0 aliphatic rings. The van der Waals surface area contributed by atoms with Crippen molar-refractivity contribution >= 4 is 39.1 Å². The van der Waals surface area contributed by atoms with Crippen LogP contribution in [0, 0.1) is 12.8 Å². The van der Waals surface area contributed by atoms with E-state index in [-0.39, 0.29) is 29.0 Å². The highest BCUT2D eigenvalue weighted by Gasteiger charge is 2.32. The number of sulfonamides is 1. The zero-order chi connectivity index (χ0) is 32.6. The standard InChI is InChI=1S/C35H38ClN3O5S/c1-25(2)22-37-35(41)27(4)38(23-28-9-8-10-29(36)21-28)34(40)24-39(45(42,43)33-19-13-26(3)14-20-33)30-15-17-32(18-16-30)44-31-11-6-5-7-12-31/h5-21,25,27H,22-24H2,1-4H3,(H,37,41). The number of halogens is 1. The Labute approximate surface area is 270 Å². The van der Waals surface area contributed by atoms with Gasteiger partial charge in [-0.25, -0.2) is 8.42 Å². The summed E-state index contributed by atoms with van der Waals surface area (Å²) in [6.07, 6.45) is 0. The monoisotopic (exact) mass is 647 g/mol. The minimum absolute atomic E-state index is 0.0367. The molecule has 1 unspecified atom stereocenters. The third-order valence-corrected chi connectivity index (χ3v) is 9.11. The van der Waals surface area contributed by atoms with Gasteiger partial charge in [0.15, 0.2) is 0 Å². The van der Waals surface area contributed by atoms with E-state index >= 15 is 0 Å². The molecule has 0 spiro atoms. The lowest BCUT2D eigenvalue weighted by Crippen LogP contribution is -2.51. The SMILES string of the molecule is Cc1ccc(S(=O)(=O)N(CC(=O)N(Cc2cccc(Cl)c2)C(C)C(=O)NCC(C)C)c2ccc(Oc3ccccc3)cc2)cc1. The van der Waals surface area contributed by atoms with Gasteiger partial charge in [-0.15, -0.1) is 0 Å². The van der Waals surface area contributed by atoms with Gasteiger partial charge < -0.3 is 15.0 Å². The second-order valence-corrected chi connectivity index (χ2v) is 13.5. The lowest BCUT2D eigenvalue weighted by atomic mass is 10.1. The van der Waals surface area contributed by atoms with Gasteiger partial charge in [-0.1, -0.05) is 73.5 Å². The topological polar surface area (TPSA) is 96.0 Å². The molecule has 8 nitrogen and oxygen atoms in total. The van der Waals surface area contributed by atoms with E-state index in [0.717, 1.165) is 9.87 Å². The summed E-state index contributed by atoms with van der Waals surface area (Å²) in [7, 11) is -4.19. The van der Waals surface area contributed by atoms with Gasteiger partial charge in [0.1, 0.15) is 24.1 Å². The number of hydrogen-bond acceptors (Lipinski definition) is 5. The van der Waals surface area contributed by atoms with Gasteiger partial charge in [0, 0.05) is 18.1 Å². The number of amides is 2. The number of ether oxygens (including phenoxy) is 1. The van der Waals surface area contributed by atoms with E-state index < -0.39 is 28.5 Å². The summed E-state index contributed by atoms with van der Waals surface area (Å²) in [5, 5.41) is 3.37. The maximum atomic E-state index is 14.1. The lowest BCUT2D eigenvalue weighted by Gasteiger charge is -2.32. The fraction of sp³-hybridized carbons (Fsp3) is 0.257. The average Bonchev–Trinajstić information content (AvgIpc) is 3.02. The molecular formula is C35H38ClN3O5S. The molecule has 4 aromatic carbocycles. The highest BCUT2D eigenvalue weighted by atomic mass is 35.5. The van der Waals surface area contributed by atoms with Crippen LogP contribution >= 0.6 is 11.6 Å². The van der Waals surface area contributed by atoms with Crippen LogP contribution in [0.4, 0.5) is 5.69 Å². The fourth-order valence-electron chi connectivity index (χ4n) is 4.54. The fourth-order valence-corrected chi connectivity index (χ4v) is 6.17. The van der Waals surface area contributed by atoms with Gasteiger partial charge in [-0.2, -0.15) is 0 Å². The van der Waals surface area contributed by atoms with Crippen molar-refractivity contribution in [3.05, 3.63) is 119 Å². The van der Waals surface area contributed by atoms with Gasteiger partial charge in [0.25, 0.3) is 10.0 Å². The quantitative estimate of drug-likeness (QED) is 0.172. The first-order valence-electron chi connectivity index (χ1n) is 14.7. The molecule has 0 aromatic heterocycles. The molecule has 0 aliphatic carbocycles. The van der Waals surface area contributed by atoms with Crippen molar-refractivity contribution in [2.24, 2.45) is 5.92 Å². The van der Waals surface area contributed by atoms with Gasteiger partial charge in [-0.05, 0) is 86.0 Å². The van der Waals surface area contributed by atoms with Crippen molar-refractivity contribution in [3.63, 3.8) is 0 Å². The van der Waals surface area contributed by atoms with E-state index in [2.05, 4.69) is 5.32 Å². The van der Waals surface area contributed by atoms with Gasteiger partial charge in [0.2, 0.25) is 11.8 Å². The molecule has 0 radical (unpaired) electrons. The zero-order valence-corrected chi connectivity index (χ0v) is 27.4. The summed E-state index contributed by atoms with van der Waals surface area (Å²) in [6.45, 7) is 7.39. The maximum Gasteiger partial charge on any atom is 0.264 e. The van der Waals surface area contributed by atoms with Crippen molar-refractivity contribution in [2.45, 2.75) is 45.2 Å². The minimum atomic E-state index is -4.19. The molecule has 1 atom stereocenters. The normalized spacial score (nSPS) is 12.0. The molecule has 0 heterocycles. The van der Waals surface area contributed by atoms with Gasteiger partial charge in [-0.3, -0.25) is 13.9 Å². The smallest absolute Gasteiger partial charge is 0.264 e. The Balaban J connectivity index is 1.69. The maximum absolute atomic E-state index is 14.1. The number of benzene rings is 4. The third-order valence-electron chi connectivity index (χ3n) is 7.09. The summed E-state index contributed by atoms with van der Waals surface area (Å²) in [5.41, 5.74) is 1.87. The summed E-state index contributed by atoms with van der Waals surface area (Å²) in [4.78, 5) is 28.7. The van der Waals surface area contributed by atoms with Crippen LogP contribution in [0.3, 0.4) is 0 Å². The van der Waals surface area contributed by atoms with Crippen LogP contribution in [0.15, 0.2) is 108 Å². The van der Waals surface area contributed by atoms with Crippen LogP contribution in [0.1, 0.15) is 31.9 Å². The Hall–Kier alpha value is -4.34. The first-order valence-corrected chi connectivity index (χ1v) is 16.5. The van der Waals surface area contributed by atoms with Crippen molar-refractivity contribution in [1.29, 1.82) is 0 Å². The van der Waals surface area contributed by atoms with E-state index in [4.69, 9.17) is 16.3 Å². The van der Waals surface area contributed by atoms with E-state index in [1.165, 1.54) is 17.0 Å². The van der Waals surface area contributed by atoms with Crippen LogP contribution in [0.2, 0.25) is 5.02 Å². The van der Waals surface area contributed by atoms with E-state index in [9.17, 15) is 18.0 Å². The largest absolute Gasteiger partial charge is 0.457 e. The summed E-state index contributed by atoms with van der Waals surface area (Å²) < 4.78 is 35.1. The second kappa shape index (κ2) is 15.1. The van der Waals surface area contributed by atoms with Crippen molar-refractivity contribution in [2.75, 3.05) is 17.4 Å². The van der Waals surface area contributed by atoms with Crippen molar-refractivity contribution in [3.8, 4) is 11.5 Å². The molecule has 45 heavy (non-hydrogen) atoms. The van der Waals surface area contributed by atoms with Gasteiger partial charge >= 0.3 is 0 Å². The Bertz CT molecular complexity index is 1700. The van der Waals surface area contributed by atoms with E-state index in [1.54, 1.807) is 67.6 Å². The van der Waals surface area contributed by atoms with E-state index in [0.29, 0.717) is 28.6 Å². The Kier molecular flexibility index (Phi) is 11.3. The molecule has 2 amide bonds. The summed E-state index contributed by atoms with van der Waals surface area (Å²) in [6, 6.07) is 28.2. The molecule has 0 saturated heterocycles. The van der Waals surface area contributed by atoms with Gasteiger partial charge in [0.05, 0.1) is 10.6 Å². The van der Waals surface area contributed by atoms with E-state index in [1.807, 2.05) is 51.1 Å². The number of aryl methyl sites for hydroxylation is 1. The predicted molar refractivity (Wildman–Crippen MR) is 178 cm³/mol. The Morgan fingerprint density at radius 3 is 2.11 bits per heavy atom. The molecule has 0 bridgehead atoms. The molecular weight excluding hydrogens is 610 g/mol. The highest BCUT2D eigenvalue weighted by molar-refractivity contribution is 7.92. The average molecular weight is 648 g/mol. The number of nitrogens with zero attached hydrogens (tertiary/aromatic N) is 2. The Morgan fingerprint density at radius 1 is 0.844 bits per heavy atom. The Morgan fingerprint density at radius 2 is 1.49 bits per heavy atom. The third kappa shape index (κ3) is 9.09. The minimum Gasteiger partial charge on any atom is -0.457 e. The molecule has 4 aromatic rings. The van der Waals surface area contributed by atoms with Crippen molar-refractivity contribution in [1.82, 2.24) is 10.2 Å². The zero-order valence-electron chi connectivity index (χ0n) is 25.8. The molecule has 1 N–H and O–H groups in total. The first kappa shape index (κ1) is 33.6. The number of nitrogens with one attached hydrogen (secondary N) is 1. The molecule has 236 valence electrons. The number of anilines is 1. The molecule has 4 rings (SSSR count). The first-order chi connectivity index (χ1) is 21.4. The summed E-state index contributed by atoms with van der Waals surface area (Å²) >= 11 is 6.22. The van der Waals surface area contributed by atoms with Crippen molar-refractivity contribution < 1.29 is 22.7 Å². The molecule has 0 fully saturated rings. The van der Waals surface area contributed by atoms with Crippen LogP contribution in [0.5, 0.6) is 11.5 Å². The van der Waals surface area contributed by atoms with Crippen LogP contribution in [-0.4, -0.2) is 44.3 Å². The van der Waals surface area contributed by atoms with Crippen LogP contribution in [0.25, 0.3) is 0 Å². The number of para-hydroxylation sites is 1. The lowest BCUT2D eigenvalue weighted by molar-refractivity contribution is -0.139. The number of hydrogen-bond donors (Lipinski definition) is 1. The highest BCUT2D eigenvalue weighted by Crippen LogP contribution is 2.29.